The maximum Gasteiger partial charge on any atom is 0.251 e. The Morgan fingerprint density at radius 1 is 1.00 bits per heavy atom. The molecule has 2 amide bonds. The van der Waals surface area contributed by atoms with Crippen molar-refractivity contribution in [3.8, 4) is 0 Å². The van der Waals surface area contributed by atoms with Crippen molar-refractivity contribution in [2.45, 2.75) is 31.8 Å². The van der Waals surface area contributed by atoms with Crippen LogP contribution in [0.15, 0.2) is 36.4 Å². The first-order valence-corrected chi connectivity index (χ1v) is 9.99. The van der Waals surface area contributed by atoms with Crippen LogP contribution in [0.5, 0.6) is 0 Å². The highest BCUT2D eigenvalue weighted by Gasteiger charge is 2.15. The monoisotopic (exact) mass is 420 g/mol. The summed E-state index contributed by atoms with van der Waals surface area (Å²) < 4.78 is 0. The first-order chi connectivity index (χ1) is 13.4. The first kappa shape index (κ1) is 20.6. The third-order valence-electron chi connectivity index (χ3n) is 4.84. The van der Waals surface area contributed by atoms with Crippen LogP contribution in [-0.4, -0.2) is 30.0 Å². The van der Waals surface area contributed by atoms with Crippen LogP contribution in [-0.2, 0) is 17.6 Å². The minimum atomic E-state index is -0.768. The van der Waals surface area contributed by atoms with E-state index in [-0.39, 0.29) is 24.9 Å². The van der Waals surface area contributed by atoms with Crippen LogP contribution < -0.4 is 10.6 Å². The predicted octanol–water partition coefficient (Wildman–Crippen LogP) is 3.45. The topological polar surface area (TPSA) is 78.4 Å². The van der Waals surface area contributed by atoms with Gasteiger partial charge in [0.2, 0.25) is 5.91 Å². The lowest BCUT2D eigenvalue weighted by Gasteiger charge is -2.13. The fraction of sp³-hybridized carbons (Fsp3) is 0.333. The number of hydrogen-bond donors (Lipinski definition) is 3. The van der Waals surface area contributed by atoms with Gasteiger partial charge in [-0.2, -0.15) is 0 Å². The molecular formula is C21H22Cl2N2O3. The maximum absolute atomic E-state index is 12.2. The van der Waals surface area contributed by atoms with Gasteiger partial charge in [-0.3, -0.25) is 9.59 Å². The summed E-state index contributed by atoms with van der Waals surface area (Å²) in [5.41, 5.74) is 3.72. The second kappa shape index (κ2) is 9.41. The fourth-order valence-electron chi connectivity index (χ4n) is 3.27. The van der Waals surface area contributed by atoms with E-state index in [9.17, 15) is 14.7 Å². The summed E-state index contributed by atoms with van der Waals surface area (Å²) in [5, 5.41) is 16.3. The molecule has 3 N–H and O–H groups in total. The molecule has 0 aromatic heterocycles. The zero-order valence-corrected chi connectivity index (χ0v) is 16.8. The molecule has 0 unspecified atom stereocenters. The standard InChI is InChI=1S/C21H22Cl2N2O3/c22-17-7-6-15(11-18(17)23)19(26)8-9-24-20(27)12-25-21(28)16-5-4-13-2-1-3-14(13)10-16/h4-7,10-11,19,26H,1-3,8-9,12H2,(H,24,27)(H,25,28)/t19-/m0/s1. The van der Waals surface area contributed by atoms with Crippen LogP contribution in [0.4, 0.5) is 0 Å². The van der Waals surface area contributed by atoms with Crippen LogP contribution in [0.1, 0.15) is 46.0 Å². The van der Waals surface area contributed by atoms with E-state index in [2.05, 4.69) is 10.6 Å². The highest BCUT2D eigenvalue weighted by atomic mass is 35.5. The van der Waals surface area contributed by atoms with E-state index in [0.717, 1.165) is 19.3 Å². The zero-order chi connectivity index (χ0) is 20.1. The summed E-state index contributed by atoms with van der Waals surface area (Å²) in [7, 11) is 0. The Bertz CT molecular complexity index is 886. The Morgan fingerprint density at radius 3 is 2.57 bits per heavy atom. The summed E-state index contributed by atoms with van der Waals surface area (Å²) in [4.78, 5) is 24.2. The minimum Gasteiger partial charge on any atom is -0.388 e. The molecule has 2 aromatic rings. The average molecular weight is 421 g/mol. The third-order valence-corrected chi connectivity index (χ3v) is 5.58. The summed E-state index contributed by atoms with van der Waals surface area (Å²) in [6.45, 7) is 0.160. The molecule has 1 aliphatic rings. The van der Waals surface area contributed by atoms with Crippen LogP contribution in [0.3, 0.4) is 0 Å². The molecule has 5 nitrogen and oxygen atoms in total. The quantitative estimate of drug-likeness (QED) is 0.641. The molecule has 0 heterocycles. The Hall–Kier alpha value is -2.08. The summed E-state index contributed by atoms with van der Waals surface area (Å²) in [6.07, 6.45) is 2.74. The molecule has 1 atom stereocenters. The van der Waals surface area contributed by atoms with Crippen LogP contribution in [0, 0.1) is 0 Å². The van der Waals surface area contributed by atoms with E-state index in [1.54, 1.807) is 24.3 Å². The van der Waals surface area contributed by atoms with Gasteiger partial charge in [-0.15, -0.1) is 0 Å². The molecular weight excluding hydrogens is 399 g/mol. The first-order valence-electron chi connectivity index (χ1n) is 9.24. The van der Waals surface area contributed by atoms with Gasteiger partial charge >= 0.3 is 0 Å². The predicted molar refractivity (Wildman–Crippen MR) is 110 cm³/mol. The molecule has 148 valence electrons. The molecule has 0 fully saturated rings. The lowest BCUT2D eigenvalue weighted by molar-refractivity contribution is -0.120. The molecule has 0 spiro atoms. The molecule has 3 rings (SSSR count). The number of halogens is 2. The van der Waals surface area contributed by atoms with E-state index in [1.165, 1.54) is 11.1 Å². The van der Waals surface area contributed by atoms with Crippen LogP contribution >= 0.6 is 23.2 Å². The van der Waals surface area contributed by atoms with E-state index < -0.39 is 6.10 Å². The number of fused-ring (bicyclic) bond motifs is 1. The van der Waals surface area contributed by atoms with Crippen molar-refractivity contribution < 1.29 is 14.7 Å². The van der Waals surface area contributed by atoms with Crippen molar-refractivity contribution in [3.63, 3.8) is 0 Å². The Labute approximate surface area is 174 Å². The number of benzene rings is 2. The number of rotatable bonds is 7. The number of aryl methyl sites for hydroxylation is 2. The third kappa shape index (κ3) is 5.25. The summed E-state index contributed by atoms with van der Waals surface area (Å²) in [6, 6.07) is 10.6. The van der Waals surface area contributed by atoms with Gasteiger partial charge in [0, 0.05) is 12.1 Å². The molecule has 0 radical (unpaired) electrons. The number of hydrogen-bond acceptors (Lipinski definition) is 3. The zero-order valence-electron chi connectivity index (χ0n) is 15.3. The molecule has 1 aliphatic carbocycles. The molecule has 2 aromatic carbocycles. The maximum atomic E-state index is 12.2. The smallest absolute Gasteiger partial charge is 0.251 e. The minimum absolute atomic E-state index is 0.112. The van der Waals surface area contributed by atoms with Gasteiger partial charge in [0.15, 0.2) is 0 Å². The van der Waals surface area contributed by atoms with Crippen molar-refractivity contribution in [2.24, 2.45) is 0 Å². The lowest BCUT2D eigenvalue weighted by Crippen LogP contribution is -2.37. The molecule has 28 heavy (non-hydrogen) atoms. The summed E-state index contributed by atoms with van der Waals surface area (Å²) in [5.74, 6) is -0.573. The normalized spacial score (nSPS) is 13.7. The van der Waals surface area contributed by atoms with Gasteiger partial charge in [0.25, 0.3) is 5.91 Å². The second-order valence-electron chi connectivity index (χ2n) is 6.85. The molecule has 0 aliphatic heterocycles. The summed E-state index contributed by atoms with van der Waals surface area (Å²) >= 11 is 11.8. The average Bonchev–Trinajstić information content (AvgIpc) is 3.16. The number of amides is 2. The lowest BCUT2D eigenvalue weighted by atomic mass is 10.1. The highest BCUT2D eigenvalue weighted by molar-refractivity contribution is 6.42. The van der Waals surface area contributed by atoms with Crippen LogP contribution in [0.2, 0.25) is 10.0 Å². The molecule has 0 saturated heterocycles. The molecule has 7 heteroatoms. The van der Waals surface area contributed by atoms with Crippen molar-refractivity contribution in [1.29, 1.82) is 0 Å². The Morgan fingerprint density at radius 2 is 1.79 bits per heavy atom. The number of aliphatic hydroxyl groups excluding tert-OH is 1. The van der Waals surface area contributed by atoms with Crippen molar-refractivity contribution >= 4 is 35.0 Å². The van der Waals surface area contributed by atoms with E-state index in [0.29, 0.717) is 27.6 Å². The molecule has 0 saturated carbocycles. The van der Waals surface area contributed by atoms with Crippen molar-refractivity contribution in [1.82, 2.24) is 10.6 Å². The van der Waals surface area contributed by atoms with E-state index >= 15 is 0 Å². The SMILES string of the molecule is O=C(CNC(=O)c1ccc2c(c1)CCC2)NCC[C@H](O)c1ccc(Cl)c(Cl)c1. The largest absolute Gasteiger partial charge is 0.388 e. The Kier molecular flexibility index (Phi) is 6.94. The van der Waals surface area contributed by atoms with Gasteiger partial charge in [-0.25, -0.2) is 0 Å². The highest BCUT2D eigenvalue weighted by Crippen LogP contribution is 2.26. The van der Waals surface area contributed by atoms with Gasteiger partial charge in [-0.1, -0.05) is 35.3 Å². The van der Waals surface area contributed by atoms with E-state index in [1.807, 2.05) is 12.1 Å². The fourth-order valence-corrected chi connectivity index (χ4v) is 3.58. The van der Waals surface area contributed by atoms with E-state index in [4.69, 9.17) is 23.2 Å². The van der Waals surface area contributed by atoms with Gasteiger partial charge in [0.05, 0.1) is 22.7 Å². The van der Waals surface area contributed by atoms with Gasteiger partial charge in [0.1, 0.15) is 0 Å². The number of nitrogens with one attached hydrogen (secondary N) is 2. The molecule has 0 bridgehead atoms. The number of carbonyl (C=O) groups is 2. The van der Waals surface area contributed by atoms with Gasteiger partial charge < -0.3 is 15.7 Å². The number of aliphatic hydroxyl groups is 1. The second-order valence-corrected chi connectivity index (χ2v) is 7.66. The van der Waals surface area contributed by atoms with Crippen molar-refractivity contribution in [2.75, 3.05) is 13.1 Å². The van der Waals surface area contributed by atoms with Crippen molar-refractivity contribution in [3.05, 3.63) is 68.7 Å². The van der Waals surface area contributed by atoms with Gasteiger partial charge in [-0.05, 0) is 66.6 Å². The number of carbonyl (C=O) groups excluding carboxylic acids is 2. The van der Waals surface area contributed by atoms with Crippen LogP contribution in [0.25, 0.3) is 0 Å². The Balaban J connectivity index is 1.40.